The van der Waals surface area contributed by atoms with Gasteiger partial charge in [-0.2, -0.15) is 0 Å². The maximum absolute atomic E-state index is 12.5. The van der Waals surface area contributed by atoms with E-state index in [1.165, 1.54) is 6.42 Å². The average molecular weight is 276 g/mol. The number of pyridine rings is 1. The van der Waals surface area contributed by atoms with Gasteiger partial charge in [-0.25, -0.2) is 0 Å². The van der Waals surface area contributed by atoms with Crippen LogP contribution in [0.4, 0.5) is 0 Å². The number of nitrogens with zero attached hydrogens (tertiary/aromatic N) is 1. The molecule has 0 radical (unpaired) electrons. The van der Waals surface area contributed by atoms with Crippen LogP contribution in [-0.4, -0.2) is 16.0 Å². The fourth-order valence-corrected chi connectivity index (χ4v) is 2.74. The van der Waals surface area contributed by atoms with E-state index in [1.54, 1.807) is 16.7 Å². The molecule has 1 aliphatic carbocycles. The van der Waals surface area contributed by atoms with Crippen molar-refractivity contribution in [2.45, 2.75) is 64.5 Å². The topological polar surface area (TPSA) is 51.1 Å². The highest BCUT2D eigenvalue weighted by atomic mass is 16.2. The van der Waals surface area contributed by atoms with Crippen molar-refractivity contribution in [3.63, 3.8) is 0 Å². The zero-order valence-electron chi connectivity index (χ0n) is 12.6. The van der Waals surface area contributed by atoms with Crippen molar-refractivity contribution in [2.75, 3.05) is 0 Å². The molecule has 1 amide bonds. The summed E-state index contributed by atoms with van der Waals surface area (Å²) in [5.74, 6) is -0.285. The van der Waals surface area contributed by atoms with E-state index in [2.05, 4.69) is 5.32 Å². The van der Waals surface area contributed by atoms with Gasteiger partial charge in [-0.1, -0.05) is 19.3 Å². The van der Waals surface area contributed by atoms with E-state index >= 15 is 0 Å². The molecule has 0 aromatic carbocycles. The third-order valence-corrected chi connectivity index (χ3v) is 3.68. The molecular weight excluding hydrogens is 252 g/mol. The van der Waals surface area contributed by atoms with E-state index in [4.69, 9.17) is 0 Å². The number of rotatable bonds is 2. The van der Waals surface area contributed by atoms with E-state index in [0.29, 0.717) is 0 Å². The summed E-state index contributed by atoms with van der Waals surface area (Å²) in [7, 11) is 0. The molecule has 1 saturated carbocycles. The van der Waals surface area contributed by atoms with E-state index in [0.717, 1.165) is 25.7 Å². The van der Waals surface area contributed by atoms with Crippen molar-refractivity contribution in [2.24, 2.45) is 0 Å². The van der Waals surface area contributed by atoms with Crippen LogP contribution >= 0.6 is 0 Å². The molecule has 110 valence electrons. The second-order valence-corrected chi connectivity index (χ2v) is 6.63. The summed E-state index contributed by atoms with van der Waals surface area (Å²) in [4.78, 5) is 24.7. The highest BCUT2D eigenvalue weighted by Gasteiger charge is 2.21. The summed E-state index contributed by atoms with van der Waals surface area (Å²) in [6, 6.07) is 3.66. The third kappa shape index (κ3) is 3.50. The zero-order chi connectivity index (χ0) is 14.8. The van der Waals surface area contributed by atoms with Crippen LogP contribution in [0, 0.1) is 0 Å². The Bertz CT molecular complexity index is 534. The highest BCUT2D eigenvalue weighted by Crippen LogP contribution is 2.26. The number of hydrogen-bond donors (Lipinski definition) is 1. The van der Waals surface area contributed by atoms with Crippen molar-refractivity contribution in [1.29, 1.82) is 0 Å². The van der Waals surface area contributed by atoms with Crippen molar-refractivity contribution in [3.8, 4) is 0 Å². The Morgan fingerprint density at radius 3 is 2.50 bits per heavy atom. The van der Waals surface area contributed by atoms with Gasteiger partial charge in [0.25, 0.3) is 11.5 Å². The molecule has 1 fully saturated rings. The van der Waals surface area contributed by atoms with Crippen LogP contribution in [0.3, 0.4) is 0 Å². The van der Waals surface area contributed by atoms with Crippen molar-refractivity contribution < 1.29 is 4.79 Å². The standard InChI is InChI=1S/C16H24N2O2/c1-16(2,3)17-14(19)13-10-7-11-18(15(13)20)12-8-5-4-6-9-12/h7,10-12H,4-6,8-9H2,1-3H3,(H,17,19). The number of carbonyl (C=O) groups excluding carboxylic acids is 1. The second kappa shape index (κ2) is 5.81. The minimum absolute atomic E-state index is 0.166. The Morgan fingerprint density at radius 1 is 1.25 bits per heavy atom. The molecule has 20 heavy (non-hydrogen) atoms. The molecule has 4 heteroatoms. The van der Waals surface area contributed by atoms with Gasteiger partial charge in [-0.3, -0.25) is 9.59 Å². The zero-order valence-corrected chi connectivity index (χ0v) is 12.6. The molecule has 2 rings (SSSR count). The maximum Gasteiger partial charge on any atom is 0.263 e. The fourth-order valence-electron chi connectivity index (χ4n) is 2.74. The van der Waals surface area contributed by atoms with E-state index < -0.39 is 0 Å². The van der Waals surface area contributed by atoms with Gasteiger partial charge in [-0.05, 0) is 45.7 Å². The highest BCUT2D eigenvalue weighted by molar-refractivity contribution is 5.94. The first-order valence-corrected chi connectivity index (χ1v) is 7.42. The van der Waals surface area contributed by atoms with Crippen LogP contribution in [0.5, 0.6) is 0 Å². The van der Waals surface area contributed by atoms with Crippen LogP contribution in [0.1, 0.15) is 69.3 Å². The van der Waals surface area contributed by atoms with Crippen LogP contribution in [0.15, 0.2) is 23.1 Å². The van der Waals surface area contributed by atoms with Gasteiger partial charge in [0.2, 0.25) is 0 Å². The Kier molecular flexibility index (Phi) is 4.31. The molecule has 0 aliphatic heterocycles. The molecule has 1 heterocycles. The minimum Gasteiger partial charge on any atom is -0.347 e. The number of carbonyl (C=O) groups is 1. The third-order valence-electron chi connectivity index (χ3n) is 3.68. The molecule has 0 saturated heterocycles. The summed E-state index contributed by atoms with van der Waals surface area (Å²) >= 11 is 0. The predicted octanol–water partition coefficient (Wildman–Crippen LogP) is 2.88. The summed E-state index contributed by atoms with van der Waals surface area (Å²) < 4.78 is 1.75. The number of aromatic nitrogens is 1. The fraction of sp³-hybridized carbons (Fsp3) is 0.625. The molecule has 1 aromatic rings. The molecule has 0 atom stereocenters. The Morgan fingerprint density at radius 2 is 1.90 bits per heavy atom. The van der Waals surface area contributed by atoms with Crippen LogP contribution < -0.4 is 10.9 Å². The van der Waals surface area contributed by atoms with E-state index in [-0.39, 0.29) is 28.6 Å². The lowest BCUT2D eigenvalue weighted by atomic mass is 9.95. The van der Waals surface area contributed by atoms with Gasteiger partial charge < -0.3 is 9.88 Å². The molecule has 0 unspecified atom stereocenters. The van der Waals surface area contributed by atoms with Gasteiger partial charge in [0.05, 0.1) is 0 Å². The van der Waals surface area contributed by atoms with Gasteiger partial charge in [0.15, 0.2) is 0 Å². The monoisotopic (exact) mass is 276 g/mol. The number of nitrogens with one attached hydrogen (secondary N) is 1. The van der Waals surface area contributed by atoms with Crippen molar-refractivity contribution in [1.82, 2.24) is 9.88 Å². The summed E-state index contributed by atoms with van der Waals surface area (Å²) in [5.41, 5.74) is -0.260. The summed E-state index contributed by atoms with van der Waals surface area (Å²) in [6.45, 7) is 5.73. The average Bonchev–Trinajstić information content (AvgIpc) is 2.38. The smallest absolute Gasteiger partial charge is 0.263 e. The Hall–Kier alpha value is -1.58. The minimum atomic E-state index is -0.338. The lowest BCUT2D eigenvalue weighted by molar-refractivity contribution is 0.0917. The molecule has 1 aromatic heterocycles. The van der Waals surface area contributed by atoms with Gasteiger partial charge in [0, 0.05) is 17.8 Å². The van der Waals surface area contributed by atoms with Gasteiger partial charge in [-0.15, -0.1) is 0 Å². The maximum atomic E-state index is 12.5. The van der Waals surface area contributed by atoms with Crippen LogP contribution in [-0.2, 0) is 0 Å². The second-order valence-electron chi connectivity index (χ2n) is 6.63. The first-order chi connectivity index (χ1) is 9.38. The lowest BCUT2D eigenvalue weighted by Gasteiger charge is -2.25. The summed E-state index contributed by atoms with van der Waals surface area (Å²) in [5, 5.41) is 2.85. The Balaban J connectivity index is 2.27. The lowest BCUT2D eigenvalue weighted by Crippen LogP contribution is -2.43. The normalized spacial score (nSPS) is 16.9. The van der Waals surface area contributed by atoms with E-state index in [1.807, 2.05) is 27.0 Å². The van der Waals surface area contributed by atoms with Crippen LogP contribution in [0.25, 0.3) is 0 Å². The molecule has 1 N–H and O–H groups in total. The van der Waals surface area contributed by atoms with Crippen molar-refractivity contribution in [3.05, 3.63) is 34.2 Å². The number of hydrogen-bond acceptors (Lipinski definition) is 2. The Labute approximate surface area is 120 Å². The first kappa shape index (κ1) is 14.8. The van der Waals surface area contributed by atoms with Crippen LogP contribution in [0.2, 0.25) is 0 Å². The molecule has 0 bridgehead atoms. The number of amides is 1. The SMILES string of the molecule is CC(C)(C)NC(=O)c1cccn(C2CCCCC2)c1=O. The summed E-state index contributed by atoms with van der Waals surface area (Å²) in [6.07, 6.45) is 7.45. The van der Waals surface area contributed by atoms with Gasteiger partial charge in [0.1, 0.15) is 5.56 Å². The van der Waals surface area contributed by atoms with Crippen molar-refractivity contribution >= 4 is 5.91 Å². The molecule has 1 aliphatic rings. The predicted molar refractivity (Wildman–Crippen MR) is 80.0 cm³/mol. The van der Waals surface area contributed by atoms with E-state index in [9.17, 15) is 9.59 Å². The quantitative estimate of drug-likeness (QED) is 0.903. The molecular formula is C16H24N2O2. The van der Waals surface area contributed by atoms with Gasteiger partial charge >= 0.3 is 0 Å². The molecule has 0 spiro atoms. The first-order valence-electron chi connectivity index (χ1n) is 7.42. The molecule has 4 nitrogen and oxygen atoms in total. The largest absolute Gasteiger partial charge is 0.347 e.